The average molecular weight is 365 g/mol. The van der Waals surface area contributed by atoms with Crippen molar-refractivity contribution >= 4 is 23.4 Å². The number of hydrogen-bond donors (Lipinski definition) is 2. The first-order chi connectivity index (χ1) is 13.2. The van der Waals surface area contributed by atoms with E-state index in [0.29, 0.717) is 30.3 Å². The number of hydrogen-bond acceptors (Lipinski definition) is 4. The van der Waals surface area contributed by atoms with Crippen LogP contribution in [0, 0.1) is 5.92 Å². The standard InChI is InChI=1S/C21H23N3O3/c25-20(17-4-1-3-15(12-17)11-16-7-8-22-14-16)23-18-5-2-6-19(13-18)24-9-10-27-21(24)26/h1-6,12-13,16,22H,7-11,14H2,(H,23,25). The molecule has 2 fully saturated rings. The molecule has 27 heavy (non-hydrogen) atoms. The number of nitrogens with zero attached hydrogens (tertiary/aromatic N) is 1. The first-order valence-electron chi connectivity index (χ1n) is 9.34. The van der Waals surface area contributed by atoms with Crippen LogP contribution in [0.15, 0.2) is 48.5 Å². The molecule has 2 saturated heterocycles. The molecular formula is C21H23N3O3. The second-order valence-corrected chi connectivity index (χ2v) is 7.03. The van der Waals surface area contributed by atoms with E-state index >= 15 is 0 Å². The predicted molar refractivity (Wildman–Crippen MR) is 104 cm³/mol. The molecule has 0 aromatic heterocycles. The summed E-state index contributed by atoms with van der Waals surface area (Å²) in [6.07, 6.45) is 1.82. The third-order valence-electron chi connectivity index (χ3n) is 5.05. The maximum atomic E-state index is 12.7. The molecule has 2 aliphatic heterocycles. The lowest BCUT2D eigenvalue weighted by Gasteiger charge is -2.14. The first-order valence-corrected chi connectivity index (χ1v) is 9.34. The normalized spacial score (nSPS) is 19.2. The Morgan fingerprint density at radius 3 is 2.89 bits per heavy atom. The third-order valence-corrected chi connectivity index (χ3v) is 5.05. The van der Waals surface area contributed by atoms with Crippen LogP contribution in [-0.4, -0.2) is 38.2 Å². The molecule has 1 unspecified atom stereocenters. The number of anilines is 2. The van der Waals surface area contributed by atoms with Crippen LogP contribution in [0.2, 0.25) is 0 Å². The highest BCUT2D eigenvalue weighted by Gasteiger charge is 2.23. The van der Waals surface area contributed by atoms with E-state index in [2.05, 4.69) is 16.7 Å². The maximum absolute atomic E-state index is 12.7. The smallest absolute Gasteiger partial charge is 0.414 e. The van der Waals surface area contributed by atoms with Crippen LogP contribution in [-0.2, 0) is 11.2 Å². The first kappa shape index (κ1) is 17.5. The van der Waals surface area contributed by atoms with Crippen molar-refractivity contribution in [2.45, 2.75) is 12.8 Å². The number of amides is 2. The van der Waals surface area contributed by atoms with Gasteiger partial charge in [0.05, 0.1) is 6.54 Å². The van der Waals surface area contributed by atoms with Gasteiger partial charge in [0.15, 0.2) is 0 Å². The van der Waals surface area contributed by atoms with Gasteiger partial charge in [-0.1, -0.05) is 18.2 Å². The molecule has 0 bridgehead atoms. The molecule has 0 spiro atoms. The molecule has 2 aromatic carbocycles. The molecule has 1 atom stereocenters. The fourth-order valence-corrected chi connectivity index (χ4v) is 3.64. The molecule has 0 saturated carbocycles. The van der Waals surface area contributed by atoms with Crippen molar-refractivity contribution in [3.05, 3.63) is 59.7 Å². The van der Waals surface area contributed by atoms with E-state index in [1.807, 2.05) is 36.4 Å². The summed E-state index contributed by atoms with van der Waals surface area (Å²) in [4.78, 5) is 26.0. The van der Waals surface area contributed by atoms with Gasteiger partial charge < -0.3 is 15.4 Å². The van der Waals surface area contributed by atoms with Crippen LogP contribution in [0.5, 0.6) is 0 Å². The van der Waals surface area contributed by atoms with Crippen LogP contribution in [0.4, 0.5) is 16.2 Å². The zero-order valence-corrected chi connectivity index (χ0v) is 15.1. The van der Waals surface area contributed by atoms with Gasteiger partial charge in [-0.25, -0.2) is 4.79 Å². The molecule has 2 aliphatic rings. The molecular weight excluding hydrogens is 342 g/mol. The number of rotatable bonds is 5. The minimum Gasteiger partial charge on any atom is -0.447 e. The van der Waals surface area contributed by atoms with Crippen molar-refractivity contribution in [3.8, 4) is 0 Å². The van der Waals surface area contributed by atoms with Crippen molar-refractivity contribution < 1.29 is 14.3 Å². The van der Waals surface area contributed by atoms with Gasteiger partial charge in [-0.2, -0.15) is 0 Å². The molecule has 0 radical (unpaired) electrons. The lowest BCUT2D eigenvalue weighted by Crippen LogP contribution is -2.23. The van der Waals surface area contributed by atoms with Crippen molar-refractivity contribution in [3.63, 3.8) is 0 Å². The monoisotopic (exact) mass is 365 g/mol. The molecule has 140 valence electrons. The Morgan fingerprint density at radius 2 is 2.11 bits per heavy atom. The summed E-state index contributed by atoms with van der Waals surface area (Å²) in [7, 11) is 0. The van der Waals surface area contributed by atoms with Gasteiger partial charge in [-0.05, 0) is 67.7 Å². The fraction of sp³-hybridized carbons (Fsp3) is 0.333. The Kier molecular flexibility index (Phi) is 5.07. The van der Waals surface area contributed by atoms with Crippen molar-refractivity contribution in [2.75, 3.05) is 36.5 Å². The number of cyclic esters (lactones) is 1. The number of carbonyl (C=O) groups is 2. The largest absolute Gasteiger partial charge is 0.447 e. The van der Waals surface area contributed by atoms with Crippen molar-refractivity contribution in [2.24, 2.45) is 5.92 Å². The Balaban J connectivity index is 1.45. The minimum atomic E-state index is -0.354. The van der Waals surface area contributed by atoms with Crippen molar-refractivity contribution in [1.82, 2.24) is 5.32 Å². The topological polar surface area (TPSA) is 70.7 Å². The number of ether oxygens (including phenoxy) is 1. The summed E-state index contributed by atoms with van der Waals surface area (Å²) < 4.78 is 4.97. The molecule has 2 amide bonds. The molecule has 2 aromatic rings. The quantitative estimate of drug-likeness (QED) is 0.854. The SMILES string of the molecule is O=C(Nc1cccc(N2CCOC2=O)c1)c1cccc(CC2CCNC2)c1. The number of nitrogens with one attached hydrogen (secondary N) is 2. The zero-order valence-electron chi connectivity index (χ0n) is 15.1. The zero-order chi connectivity index (χ0) is 18.6. The van der Waals surface area contributed by atoms with E-state index in [9.17, 15) is 9.59 Å². The summed E-state index contributed by atoms with van der Waals surface area (Å²) in [5.74, 6) is 0.489. The fourth-order valence-electron chi connectivity index (χ4n) is 3.64. The molecule has 2 N–H and O–H groups in total. The van der Waals surface area contributed by atoms with Crippen molar-refractivity contribution in [1.29, 1.82) is 0 Å². The van der Waals surface area contributed by atoms with Gasteiger partial charge in [-0.15, -0.1) is 0 Å². The molecule has 6 nitrogen and oxygen atoms in total. The molecule has 4 rings (SSSR count). The number of carbonyl (C=O) groups excluding carboxylic acids is 2. The van der Waals surface area contributed by atoms with Gasteiger partial charge in [0, 0.05) is 16.9 Å². The highest BCUT2D eigenvalue weighted by Crippen LogP contribution is 2.23. The summed E-state index contributed by atoms with van der Waals surface area (Å²) >= 11 is 0. The summed E-state index contributed by atoms with van der Waals surface area (Å²) in [5, 5.41) is 6.31. The van der Waals surface area contributed by atoms with Crippen LogP contribution in [0.1, 0.15) is 22.3 Å². The van der Waals surface area contributed by atoms with E-state index in [4.69, 9.17) is 4.74 Å². The minimum absolute atomic E-state index is 0.150. The average Bonchev–Trinajstić information content (AvgIpc) is 3.34. The van der Waals surface area contributed by atoms with Crippen LogP contribution < -0.4 is 15.5 Å². The molecule has 2 heterocycles. The Morgan fingerprint density at radius 1 is 1.22 bits per heavy atom. The third kappa shape index (κ3) is 4.11. The van der Waals surface area contributed by atoms with E-state index in [0.717, 1.165) is 25.2 Å². The van der Waals surface area contributed by atoms with Gasteiger partial charge >= 0.3 is 6.09 Å². The summed E-state index contributed by atoms with van der Waals surface area (Å²) in [5.41, 5.74) is 3.20. The second kappa shape index (κ2) is 7.80. The van der Waals surface area contributed by atoms with Crippen LogP contribution in [0.25, 0.3) is 0 Å². The van der Waals surface area contributed by atoms with Crippen LogP contribution in [0.3, 0.4) is 0 Å². The van der Waals surface area contributed by atoms with Gasteiger partial charge in [0.2, 0.25) is 0 Å². The van der Waals surface area contributed by atoms with Gasteiger partial charge in [-0.3, -0.25) is 9.69 Å². The van der Waals surface area contributed by atoms with Crippen LogP contribution >= 0.6 is 0 Å². The summed E-state index contributed by atoms with van der Waals surface area (Å²) in [6, 6.07) is 15.1. The Labute approximate surface area is 158 Å². The highest BCUT2D eigenvalue weighted by atomic mass is 16.6. The Hall–Kier alpha value is -2.86. The van der Waals surface area contributed by atoms with Gasteiger partial charge in [0.1, 0.15) is 6.61 Å². The van der Waals surface area contributed by atoms with E-state index in [1.54, 1.807) is 11.0 Å². The lowest BCUT2D eigenvalue weighted by atomic mass is 9.97. The molecule has 0 aliphatic carbocycles. The highest BCUT2D eigenvalue weighted by molar-refractivity contribution is 6.04. The van der Waals surface area contributed by atoms with E-state index in [1.165, 1.54) is 12.0 Å². The van der Waals surface area contributed by atoms with Gasteiger partial charge in [0.25, 0.3) is 5.91 Å². The van der Waals surface area contributed by atoms with E-state index in [-0.39, 0.29) is 12.0 Å². The summed E-state index contributed by atoms with van der Waals surface area (Å²) in [6.45, 7) is 3.03. The lowest BCUT2D eigenvalue weighted by molar-refractivity contribution is 0.102. The second-order valence-electron chi connectivity index (χ2n) is 7.03. The predicted octanol–water partition coefficient (Wildman–Crippen LogP) is 3.05. The molecule has 6 heteroatoms. The van der Waals surface area contributed by atoms with E-state index < -0.39 is 0 Å². The maximum Gasteiger partial charge on any atom is 0.414 e. The Bertz CT molecular complexity index is 846. The number of benzene rings is 2.